The van der Waals surface area contributed by atoms with E-state index in [0.29, 0.717) is 0 Å². The van der Waals surface area contributed by atoms with E-state index in [4.69, 9.17) is 14.2 Å². The largest absolute Gasteiger partial charge is 0.453 e. The summed E-state index contributed by atoms with van der Waals surface area (Å²) in [6.07, 6.45) is -1.57. The van der Waals surface area contributed by atoms with E-state index in [1.54, 1.807) is 57.2 Å². The van der Waals surface area contributed by atoms with E-state index < -0.39 is 35.0 Å². The van der Waals surface area contributed by atoms with Crippen molar-refractivity contribution < 1.29 is 33.7 Å². The minimum Gasteiger partial charge on any atom is -0.453 e. The molecule has 0 saturated carbocycles. The first-order valence-electron chi connectivity index (χ1n) is 11.5. The second-order valence-corrected chi connectivity index (χ2v) is 9.96. The smallest absolute Gasteiger partial charge is 0.408 e. The molecule has 2 amide bonds. The van der Waals surface area contributed by atoms with E-state index in [9.17, 15) is 19.5 Å². The lowest BCUT2D eigenvalue weighted by Crippen LogP contribution is -2.53. The van der Waals surface area contributed by atoms with Crippen molar-refractivity contribution >= 4 is 18.0 Å². The molecule has 9 heteroatoms. The second kappa shape index (κ2) is 8.57. The maximum atomic E-state index is 13.7. The van der Waals surface area contributed by atoms with Gasteiger partial charge in [-0.2, -0.15) is 0 Å². The van der Waals surface area contributed by atoms with Crippen molar-refractivity contribution in [3.05, 3.63) is 64.7 Å². The molecule has 2 atom stereocenters. The van der Waals surface area contributed by atoms with Crippen LogP contribution >= 0.6 is 0 Å². The summed E-state index contributed by atoms with van der Waals surface area (Å²) in [5.74, 6) is -2.33. The Kier molecular flexibility index (Phi) is 6.00. The van der Waals surface area contributed by atoms with Gasteiger partial charge < -0.3 is 30.0 Å². The molecule has 0 saturated heterocycles. The van der Waals surface area contributed by atoms with Gasteiger partial charge in [0.1, 0.15) is 11.4 Å². The summed E-state index contributed by atoms with van der Waals surface area (Å²) in [6.45, 7) is 9.32. The van der Waals surface area contributed by atoms with E-state index in [1.807, 2.05) is 19.9 Å². The average molecular weight is 483 g/mol. The highest BCUT2D eigenvalue weighted by atomic mass is 16.7. The Bertz CT molecular complexity index is 1190. The zero-order valence-corrected chi connectivity index (χ0v) is 20.4. The fourth-order valence-corrected chi connectivity index (χ4v) is 4.36. The van der Waals surface area contributed by atoms with Crippen LogP contribution in [0.5, 0.6) is 5.75 Å². The van der Waals surface area contributed by atoms with Crippen molar-refractivity contribution in [1.82, 2.24) is 10.6 Å². The van der Waals surface area contributed by atoms with Gasteiger partial charge in [0.25, 0.3) is 11.4 Å². The molecule has 2 aromatic carbocycles. The Morgan fingerprint density at radius 3 is 2.34 bits per heavy atom. The molecular weight excluding hydrogens is 452 g/mol. The summed E-state index contributed by atoms with van der Waals surface area (Å²) < 4.78 is 16.8. The van der Waals surface area contributed by atoms with E-state index in [2.05, 4.69) is 10.6 Å². The SMILES string of the molecule is CC(C)c1ccc2c(c1)OC1(O)c3ccccc3C(=O)C21OC(=O)NCCNC(=O)OC(C)(C)C. The number of rotatable bonds is 5. The van der Waals surface area contributed by atoms with E-state index >= 15 is 0 Å². The quantitative estimate of drug-likeness (QED) is 0.556. The van der Waals surface area contributed by atoms with Crippen LogP contribution < -0.4 is 15.4 Å². The molecule has 2 aromatic rings. The standard InChI is InChI=1S/C26H30N2O7/c1-15(2)16-10-11-19-20(14-16)33-26(32)18-9-7-6-8-17(18)21(29)25(19,26)35-23(31)28-13-12-27-22(30)34-24(3,4)5/h6-11,14-15,32H,12-13H2,1-5H3,(H,27,30)(H,28,31). The van der Waals surface area contributed by atoms with E-state index in [0.717, 1.165) is 5.56 Å². The molecule has 0 aromatic heterocycles. The zero-order valence-electron chi connectivity index (χ0n) is 20.4. The normalized spacial score (nSPS) is 22.1. The topological polar surface area (TPSA) is 123 Å². The summed E-state index contributed by atoms with van der Waals surface area (Å²) in [5.41, 5.74) is -1.10. The Morgan fingerprint density at radius 2 is 1.69 bits per heavy atom. The van der Waals surface area contributed by atoms with Crippen molar-refractivity contribution in [2.75, 3.05) is 13.1 Å². The van der Waals surface area contributed by atoms with Gasteiger partial charge in [-0.3, -0.25) is 4.79 Å². The number of alkyl carbamates (subject to hydrolysis) is 2. The van der Waals surface area contributed by atoms with Crippen LogP contribution in [0.2, 0.25) is 0 Å². The molecular formula is C26H30N2O7. The summed E-state index contributed by atoms with van der Waals surface area (Å²) >= 11 is 0. The number of Topliss-reactive ketones (excluding diaryl/α,β-unsaturated/α-hetero) is 1. The fraction of sp³-hybridized carbons (Fsp3) is 0.423. The van der Waals surface area contributed by atoms with Gasteiger partial charge in [-0.05, 0) is 38.3 Å². The Labute approximate surface area is 203 Å². The van der Waals surface area contributed by atoms with Crippen LogP contribution in [0.3, 0.4) is 0 Å². The molecule has 0 radical (unpaired) electrons. The molecule has 3 N–H and O–H groups in total. The third-order valence-corrected chi connectivity index (χ3v) is 5.95. The molecule has 2 unspecified atom stereocenters. The molecule has 9 nitrogen and oxygen atoms in total. The molecule has 0 spiro atoms. The molecule has 0 bridgehead atoms. The third-order valence-electron chi connectivity index (χ3n) is 5.95. The van der Waals surface area contributed by atoms with Crippen LogP contribution in [0.4, 0.5) is 9.59 Å². The summed E-state index contributed by atoms with van der Waals surface area (Å²) in [6, 6.07) is 11.7. The van der Waals surface area contributed by atoms with E-state index in [-0.39, 0.29) is 41.4 Å². The summed E-state index contributed by atoms with van der Waals surface area (Å²) in [5, 5.41) is 16.8. The molecule has 1 aliphatic carbocycles. The van der Waals surface area contributed by atoms with Crippen molar-refractivity contribution in [2.45, 2.75) is 57.5 Å². The van der Waals surface area contributed by atoms with Crippen molar-refractivity contribution in [3.63, 3.8) is 0 Å². The van der Waals surface area contributed by atoms with Gasteiger partial charge in [0.2, 0.25) is 5.78 Å². The monoisotopic (exact) mass is 482 g/mol. The van der Waals surface area contributed by atoms with Crippen molar-refractivity contribution in [3.8, 4) is 5.75 Å². The van der Waals surface area contributed by atoms with Crippen molar-refractivity contribution in [2.24, 2.45) is 0 Å². The number of benzene rings is 2. The number of hydrogen-bond acceptors (Lipinski definition) is 7. The molecule has 2 aliphatic rings. The molecule has 1 aliphatic heterocycles. The zero-order chi connectivity index (χ0) is 25.6. The fourth-order valence-electron chi connectivity index (χ4n) is 4.36. The van der Waals surface area contributed by atoms with Gasteiger partial charge in [0, 0.05) is 24.2 Å². The molecule has 4 rings (SSSR count). The number of amides is 2. The number of aliphatic hydroxyl groups is 1. The van der Waals surface area contributed by atoms with Gasteiger partial charge >= 0.3 is 12.2 Å². The Hall–Kier alpha value is -3.59. The molecule has 35 heavy (non-hydrogen) atoms. The Morgan fingerprint density at radius 1 is 1.03 bits per heavy atom. The van der Waals surface area contributed by atoms with Crippen LogP contribution in [0.15, 0.2) is 42.5 Å². The first-order valence-corrected chi connectivity index (χ1v) is 11.5. The van der Waals surface area contributed by atoms with Gasteiger partial charge in [-0.15, -0.1) is 0 Å². The highest BCUT2D eigenvalue weighted by Gasteiger charge is 2.74. The van der Waals surface area contributed by atoms with Gasteiger partial charge in [0.15, 0.2) is 0 Å². The first kappa shape index (κ1) is 24.5. The number of hydrogen-bond donors (Lipinski definition) is 3. The molecule has 1 heterocycles. The molecule has 0 fully saturated rings. The summed E-state index contributed by atoms with van der Waals surface area (Å²) in [7, 11) is 0. The first-order chi connectivity index (χ1) is 16.4. The number of carbonyl (C=O) groups is 3. The highest BCUT2D eigenvalue weighted by Crippen LogP contribution is 2.60. The number of nitrogens with one attached hydrogen (secondary N) is 2. The lowest BCUT2D eigenvalue weighted by molar-refractivity contribution is -0.223. The lowest BCUT2D eigenvalue weighted by atomic mass is 9.85. The van der Waals surface area contributed by atoms with Crippen LogP contribution in [-0.4, -0.2) is 41.8 Å². The Balaban J connectivity index is 1.57. The number of carbonyl (C=O) groups excluding carboxylic acids is 3. The maximum absolute atomic E-state index is 13.7. The second-order valence-electron chi connectivity index (χ2n) is 9.96. The van der Waals surface area contributed by atoms with Crippen LogP contribution in [0.1, 0.15) is 67.6 Å². The van der Waals surface area contributed by atoms with Gasteiger partial charge in [0.05, 0.1) is 5.56 Å². The summed E-state index contributed by atoms with van der Waals surface area (Å²) in [4.78, 5) is 38.3. The maximum Gasteiger partial charge on any atom is 0.408 e. The average Bonchev–Trinajstić information content (AvgIpc) is 3.12. The van der Waals surface area contributed by atoms with Crippen LogP contribution in [0, 0.1) is 0 Å². The van der Waals surface area contributed by atoms with E-state index in [1.165, 1.54) is 0 Å². The van der Waals surface area contributed by atoms with Gasteiger partial charge in [-0.25, -0.2) is 9.59 Å². The minimum atomic E-state index is -2.22. The molecule has 186 valence electrons. The predicted octanol–water partition coefficient (Wildman–Crippen LogP) is 3.69. The number of fused-ring (bicyclic) bond motifs is 5. The van der Waals surface area contributed by atoms with Crippen LogP contribution in [0.25, 0.3) is 0 Å². The third kappa shape index (κ3) is 4.10. The number of ether oxygens (including phenoxy) is 3. The van der Waals surface area contributed by atoms with Gasteiger partial charge in [-0.1, -0.05) is 50.2 Å². The van der Waals surface area contributed by atoms with Crippen LogP contribution in [-0.2, 0) is 20.9 Å². The van der Waals surface area contributed by atoms with Crippen molar-refractivity contribution in [1.29, 1.82) is 0 Å². The lowest BCUT2D eigenvalue weighted by Gasteiger charge is -2.33. The predicted molar refractivity (Wildman–Crippen MR) is 126 cm³/mol. The minimum absolute atomic E-state index is 0.00766. The highest BCUT2D eigenvalue weighted by molar-refractivity contribution is 6.10. The number of ketones is 1.